The Hall–Kier alpha value is -3.82. The maximum atomic E-state index is 12.4. The van der Waals surface area contributed by atoms with Gasteiger partial charge in [0.1, 0.15) is 6.79 Å². The first kappa shape index (κ1) is 43.2. The molecular weight excluding hydrogens is 592 g/mol. The molecule has 47 heavy (non-hydrogen) atoms. The predicted molar refractivity (Wildman–Crippen MR) is 194 cm³/mol. The number of carbonyl (C=O) groups is 3. The molecular formula is C38H60N4O5. The van der Waals surface area contributed by atoms with E-state index in [0.717, 1.165) is 31.6 Å². The van der Waals surface area contributed by atoms with E-state index >= 15 is 0 Å². The Labute approximate surface area is 284 Å². The molecule has 9 heteroatoms. The van der Waals surface area contributed by atoms with E-state index in [9.17, 15) is 9.59 Å². The van der Waals surface area contributed by atoms with Gasteiger partial charge in [-0.2, -0.15) is 0 Å². The van der Waals surface area contributed by atoms with Crippen LogP contribution in [0.15, 0.2) is 84.8 Å². The number of carbonyl (C=O) groups excluding carboxylic acids is 3. The van der Waals surface area contributed by atoms with Gasteiger partial charge < -0.3 is 29.0 Å². The van der Waals surface area contributed by atoms with Gasteiger partial charge in [0.25, 0.3) is 0 Å². The van der Waals surface area contributed by atoms with Gasteiger partial charge in [-0.25, -0.2) is 0 Å². The number of nitrogens with zero attached hydrogens (tertiary/aromatic N) is 4. The van der Waals surface area contributed by atoms with E-state index < -0.39 is 0 Å². The van der Waals surface area contributed by atoms with Crippen LogP contribution in [0.2, 0.25) is 0 Å². The average Bonchev–Trinajstić information content (AvgIpc) is 4.00. The second-order valence-electron chi connectivity index (χ2n) is 11.0. The van der Waals surface area contributed by atoms with Crippen LogP contribution in [-0.4, -0.2) is 98.1 Å². The lowest BCUT2D eigenvalue weighted by molar-refractivity contribution is -0.150. The molecule has 2 aliphatic heterocycles. The average molecular weight is 653 g/mol. The van der Waals surface area contributed by atoms with E-state index in [1.54, 1.807) is 17.3 Å². The van der Waals surface area contributed by atoms with Gasteiger partial charge in [-0.15, -0.1) is 13.2 Å². The van der Waals surface area contributed by atoms with E-state index in [4.69, 9.17) is 14.3 Å². The number of hydrogen-bond donors (Lipinski definition) is 0. The number of hydrogen-bond acceptors (Lipinski definition) is 7. The molecule has 0 radical (unpaired) electrons. The van der Waals surface area contributed by atoms with Crippen molar-refractivity contribution >= 4 is 24.8 Å². The Morgan fingerprint density at radius 1 is 1.02 bits per heavy atom. The van der Waals surface area contributed by atoms with Crippen molar-refractivity contribution in [1.29, 1.82) is 0 Å². The fourth-order valence-corrected chi connectivity index (χ4v) is 4.86. The highest BCUT2D eigenvalue weighted by molar-refractivity contribution is 5.76. The molecule has 1 aromatic heterocycles. The van der Waals surface area contributed by atoms with Crippen LogP contribution in [0, 0.1) is 0 Å². The molecule has 262 valence electrons. The van der Waals surface area contributed by atoms with Crippen molar-refractivity contribution in [1.82, 2.24) is 14.8 Å². The Balaban J connectivity index is 0.000000921. The van der Waals surface area contributed by atoms with Gasteiger partial charge in [0.05, 0.1) is 37.9 Å². The summed E-state index contributed by atoms with van der Waals surface area (Å²) in [6, 6.07) is 3.89. The molecule has 1 aromatic rings. The molecule has 0 saturated carbocycles. The molecule has 1 atom stereocenters. The minimum absolute atomic E-state index is 0.0930. The summed E-state index contributed by atoms with van der Waals surface area (Å²) in [5, 5.41) is 0. The molecule has 3 heterocycles. The molecule has 0 spiro atoms. The standard InChI is InChI=1S/C20H30N4O4.C11H12.2C2H6.C2H4.CH2O/c1-20(2)15-24(16-25)18(14-28-20)13-27-12-5-19(26)23-10-8-22(9-11-23)17-3-6-21-7-4-17;1-9-3-2-4-10(6-5-9)11-7-8-11;4*1-2/h3-4,6-7,16,18H,5,8-15H2,1-2H3;3-7H,2,8H2,1H3;2*1-2H3;1-2H2;1H2/t18-;;;;;/m1...../s1. The molecule has 4 aliphatic rings. The van der Waals surface area contributed by atoms with Crippen molar-refractivity contribution in [2.45, 2.75) is 79.4 Å². The Morgan fingerprint density at radius 3 is 2.21 bits per heavy atom. The maximum absolute atomic E-state index is 12.4. The summed E-state index contributed by atoms with van der Waals surface area (Å²) in [5.41, 5.74) is 5.13. The normalized spacial score (nSPS) is 18.7. The number of anilines is 1. The monoisotopic (exact) mass is 652 g/mol. The van der Waals surface area contributed by atoms with Gasteiger partial charge in [-0.05, 0) is 56.9 Å². The van der Waals surface area contributed by atoms with Crippen molar-refractivity contribution in [3.05, 3.63) is 84.8 Å². The molecule has 2 aliphatic carbocycles. The van der Waals surface area contributed by atoms with Crippen LogP contribution in [0.4, 0.5) is 5.69 Å². The zero-order chi connectivity index (χ0) is 35.7. The molecule has 9 nitrogen and oxygen atoms in total. The van der Waals surface area contributed by atoms with Crippen molar-refractivity contribution in [3.8, 4) is 0 Å². The number of rotatable bonds is 8. The third-order valence-electron chi connectivity index (χ3n) is 7.35. The van der Waals surface area contributed by atoms with Crippen molar-refractivity contribution in [2.75, 3.05) is 57.4 Å². The minimum Gasteiger partial charge on any atom is -0.379 e. The van der Waals surface area contributed by atoms with E-state index in [-0.39, 0.29) is 17.6 Å². The first-order valence-electron chi connectivity index (χ1n) is 16.7. The third kappa shape index (κ3) is 16.5. The number of piperazine rings is 1. The summed E-state index contributed by atoms with van der Waals surface area (Å²) in [4.78, 5) is 41.6. The second-order valence-corrected chi connectivity index (χ2v) is 11.0. The number of aromatic nitrogens is 1. The van der Waals surface area contributed by atoms with Crippen LogP contribution in [0.25, 0.3) is 0 Å². The van der Waals surface area contributed by atoms with Crippen LogP contribution in [0.1, 0.15) is 67.7 Å². The summed E-state index contributed by atoms with van der Waals surface area (Å²) in [6.07, 6.45) is 18.3. The summed E-state index contributed by atoms with van der Waals surface area (Å²) < 4.78 is 11.4. The number of amides is 2. The van der Waals surface area contributed by atoms with Gasteiger partial charge in [0, 0.05) is 50.8 Å². The van der Waals surface area contributed by atoms with Gasteiger partial charge in [0.2, 0.25) is 12.3 Å². The van der Waals surface area contributed by atoms with E-state index in [1.807, 2.05) is 65.4 Å². The zero-order valence-electron chi connectivity index (χ0n) is 30.1. The van der Waals surface area contributed by atoms with Crippen LogP contribution in [0.5, 0.6) is 0 Å². The summed E-state index contributed by atoms with van der Waals surface area (Å²) in [5.74, 6) is 0.114. The minimum atomic E-state index is -0.328. The lowest BCUT2D eigenvalue weighted by atomic mass is 10.1. The number of ether oxygens (including phenoxy) is 2. The summed E-state index contributed by atoms with van der Waals surface area (Å²) in [6.45, 7) is 26.9. The first-order chi connectivity index (χ1) is 22.8. The highest BCUT2D eigenvalue weighted by Crippen LogP contribution is 2.29. The second kappa shape index (κ2) is 25.3. The van der Waals surface area contributed by atoms with E-state index in [1.165, 1.54) is 23.1 Å². The van der Waals surface area contributed by atoms with Crippen LogP contribution in [0.3, 0.4) is 0 Å². The Morgan fingerprint density at radius 2 is 1.64 bits per heavy atom. The topological polar surface area (TPSA) is 92.3 Å². The van der Waals surface area contributed by atoms with Crippen molar-refractivity contribution in [2.24, 2.45) is 0 Å². The number of pyridine rings is 1. The molecule has 5 rings (SSSR count). The van der Waals surface area contributed by atoms with Crippen molar-refractivity contribution < 1.29 is 23.9 Å². The lowest BCUT2D eigenvalue weighted by Gasteiger charge is -2.41. The molecule has 0 N–H and O–H groups in total. The molecule has 2 saturated heterocycles. The quantitative estimate of drug-likeness (QED) is 0.178. The summed E-state index contributed by atoms with van der Waals surface area (Å²) in [7, 11) is 0. The third-order valence-corrected chi connectivity index (χ3v) is 7.35. The SMILES string of the molecule is C=C.C=O.CC.CC.CC1(C)CN(C=O)[C@H](COCCC(=O)N2CCN(c3ccncc3)CC2)CO1.CC1=CCC=C(C2=CC2)C=C1. The highest BCUT2D eigenvalue weighted by Gasteiger charge is 2.33. The van der Waals surface area contributed by atoms with Gasteiger partial charge in [0.15, 0.2) is 0 Å². The smallest absolute Gasteiger partial charge is 0.225 e. The van der Waals surface area contributed by atoms with E-state index in [2.05, 4.69) is 60.3 Å². The Bertz CT molecular complexity index is 1140. The van der Waals surface area contributed by atoms with Crippen LogP contribution in [-0.2, 0) is 23.9 Å². The first-order valence-corrected chi connectivity index (χ1v) is 16.7. The number of allylic oxidation sites excluding steroid dienone is 8. The molecule has 0 unspecified atom stereocenters. The van der Waals surface area contributed by atoms with Gasteiger partial charge in [-0.1, -0.05) is 63.6 Å². The lowest BCUT2D eigenvalue weighted by Crippen LogP contribution is -2.55. The van der Waals surface area contributed by atoms with Crippen LogP contribution < -0.4 is 4.90 Å². The maximum Gasteiger partial charge on any atom is 0.225 e. The van der Waals surface area contributed by atoms with Crippen molar-refractivity contribution in [3.63, 3.8) is 0 Å². The van der Waals surface area contributed by atoms with E-state index in [0.29, 0.717) is 45.9 Å². The number of morpholine rings is 1. The molecule has 0 aromatic carbocycles. The molecule has 0 bridgehead atoms. The Kier molecular flexibility index (Phi) is 23.2. The summed E-state index contributed by atoms with van der Waals surface area (Å²) >= 11 is 0. The predicted octanol–water partition coefficient (Wildman–Crippen LogP) is 6.59. The zero-order valence-corrected chi connectivity index (χ0v) is 30.1. The molecule has 2 fully saturated rings. The van der Waals surface area contributed by atoms with Gasteiger partial charge >= 0.3 is 0 Å². The largest absolute Gasteiger partial charge is 0.379 e. The fourth-order valence-electron chi connectivity index (χ4n) is 4.86. The highest BCUT2D eigenvalue weighted by atomic mass is 16.5. The van der Waals surface area contributed by atoms with Gasteiger partial charge in [-0.3, -0.25) is 14.6 Å². The van der Waals surface area contributed by atoms with Crippen LogP contribution >= 0.6 is 0 Å². The molecule has 2 amide bonds. The fraction of sp³-hybridized carbons (Fsp3) is 0.526.